The van der Waals surface area contributed by atoms with Gasteiger partial charge in [-0.1, -0.05) is 22.9 Å². The van der Waals surface area contributed by atoms with Crippen molar-refractivity contribution in [2.75, 3.05) is 19.6 Å². The zero-order chi connectivity index (χ0) is 7.11. The molecule has 56 valence electrons. The molecule has 1 atom stereocenters. The van der Waals surface area contributed by atoms with E-state index in [1.54, 1.807) is 0 Å². The minimum absolute atomic E-state index is 0.565. The van der Waals surface area contributed by atoms with E-state index >= 15 is 0 Å². The van der Waals surface area contributed by atoms with E-state index < -0.39 is 0 Å². The van der Waals surface area contributed by atoms with Crippen LogP contribution in [0.4, 0.5) is 0 Å². The summed E-state index contributed by atoms with van der Waals surface area (Å²) in [6.07, 6.45) is 1.07. The number of hydrogen-bond donors (Lipinski definition) is 2. The average Bonchev–Trinajstić information content (AvgIpc) is 1.80. The summed E-state index contributed by atoms with van der Waals surface area (Å²) in [6, 6.07) is 0. The molecule has 0 aromatic rings. The van der Waals surface area contributed by atoms with Crippen LogP contribution in [0.1, 0.15) is 13.3 Å². The summed E-state index contributed by atoms with van der Waals surface area (Å²) >= 11 is 3.43. The van der Waals surface area contributed by atoms with E-state index in [-0.39, 0.29) is 0 Å². The molecule has 0 aromatic heterocycles. The lowest BCUT2D eigenvalue weighted by molar-refractivity contribution is 0.654. The first-order valence-corrected chi connectivity index (χ1v) is 4.23. The van der Waals surface area contributed by atoms with Crippen LogP contribution in [0.25, 0.3) is 0 Å². The van der Waals surface area contributed by atoms with Gasteiger partial charge in [0.25, 0.3) is 0 Å². The van der Waals surface area contributed by atoms with Crippen molar-refractivity contribution < 1.29 is 0 Å². The Balaban J connectivity index is 2.75. The molecule has 0 bridgehead atoms. The predicted molar refractivity (Wildman–Crippen MR) is 44.9 cm³/mol. The van der Waals surface area contributed by atoms with E-state index in [0.717, 1.165) is 26.1 Å². The minimum atomic E-state index is 0.565. The SMILES string of the molecule is C[C@@H](Br)CNCCCN. The second-order valence-electron chi connectivity index (χ2n) is 2.13. The van der Waals surface area contributed by atoms with Crippen molar-refractivity contribution in [2.24, 2.45) is 5.73 Å². The highest BCUT2D eigenvalue weighted by Crippen LogP contribution is 1.92. The van der Waals surface area contributed by atoms with Crippen LogP contribution in [0, 0.1) is 0 Å². The van der Waals surface area contributed by atoms with Gasteiger partial charge in [-0.3, -0.25) is 0 Å². The molecule has 0 unspecified atom stereocenters. The molecule has 0 rings (SSSR count). The van der Waals surface area contributed by atoms with Crippen molar-refractivity contribution in [3.63, 3.8) is 0 Å². The van der Waals surface area contributed by atoms with E-state index in [1.165, 1.54) is 0 Å². The maximum absolute atomic E-state index is 5.29. The molecule has 0 aromatic carbocycles. The fourth-order valence-corrected chi connectivity index (χ4v) is 0.757. The Morgan fingerprint density at radius 3 is 2.78 bits per heavy atom. The van der Waals surface area contributed by atoms with E-state index in [9.17, 15) is 0 Å². The Kier molecular flexibility index (Phi) is 6.81. The van der Waals surface area contributed by atoms with Crippen molar-refractivity contribution >= 4 is 15.9 Å². The lowest BCUT2D eigenvalue weighted by Crippen LogP contribution is -2.23. The molecule has 0 aliphatic heterocycles. The third-order valence-corrected chi connectivity index (χ3v) is 1.31. The standard InChI is InChI=1S/C6H15BrN2/c1-6(7)5-9-4-2-3-8/h6,9H,2-5,8H2,1H3/t6-/m1/s1. The first-order valence-electron chi connectivity index (χ1n) is 3.32. The Morgan fingerprint density at radius 1 is 1.67 bits per heavy atom. The molecule has 0 amide bonds. The molecule has 0 aliphatic carbocycles. The number of nitrogens with two attached hydrogens (primary N) is 1. The average molecular weight is 195 g/mol. The summed E-state index contributed by atoms with van der Waals surface area (Å²) in [5.41, 5.74) is 5.29. The van der Waals surface area contributed by atoms with E-state index in [0.29, 0.717) is 4.83 Å². The second kappa shape index (κ2) is 6.52. The van der Waals surface area contributed by atoms with Crippen LogP contribution in [0.15, 0.2) is 0 Å². The second-order valence-corrected chi connectivity index (χ2v) is 3.69. The van der Waals surface area contributed by atoms with Crippen LogP contribution < -0.4 is 11.1 Å². The molecule has 0 fully saturated rings. The summed E-state index contributed by atoms with van der Waals surface area (Å²) in [5.74, 6) is 0. The van der Waals surface area contributed by atoms with Gasteiger partial charge >= 0.3 is 0 Å². The number of halogens is 1. The van der Waals surface area contributed by atoms with Crippen LogP contribution >= 0.6 is 15.9 Å². The molecule has 9 heavy (non-hydrogen) atoms. The molecule has 2 nitrogen and oxygen atoms in total. The normalized spacial score (nSPS) is 13.7. The summed E-state index contributed by atoms with van der Waals surface area (Å²) in [6.45, 7) is 4.96. The third kappa shape index (κ3) is 8.40. The molecular formula is C6H15BrN2. The predicted octanol–water partition coefficient (Wildman–Crippen LogP) is 0.708. The van der Waals surface area contributed by atoms with Gasteiger partial charge in [0.1, 0.15) is 0 Å². The van der Waals surface area contributed by atoms with Gasteiger partial charge in [-0.15, -0.1) is 0 Å². The molecule has 0 saturated heterocycles. The molecule has 3 N–H and O–H groups in total. The van der Waals surface area contributed by atoms with Gasteiger partial charge in [-0.25, -0.2) is 0 Å². The summed E-state index contributed by atoms with van der Waals surface area (Å²) in [7, 11) is 0. The number of alkyl halides is 1. The smallest absolute Gasteiger partial charge is 0.0242 e. The highest BCUT2D eigenvalue weighted by molar-refractivity contribution is 9.09. The van der Waals surface area contributed by atoms with Crippen LogP contribution in [0.5, 0.6) is 0 Å². The molecule has 0 aliphatic rings. The van der Waals surface area contributed by atoms with Crippen molar-refractivity contribution in [1.29, 1.82) is 0 Å². The first kappa shape index (κ1) is 9.40. The fraction of sp³-hybridized carbons (Fsp3) is 1.00. The lowest BCUT2D eigenvalue weighted by Gasteiger charge is -2.03. The summed E-state index contributed by atoms with van der Waals surface area (Å²) in [5, 5.41) is 3.26. The fourth-order valence-electron chi connectivity index (χ4n) is 0.528. The molecule has 3 heteroatoms. The van der Waals surface area contributed by atoms with Crippen LogP contribution in [-0.4, -0.2) is 24.5 Å². The monoisotopic (exact) mass is 194 g/mol. The molecular weight excluding hydrogens is 180 g/mol. The van der Waals surface area contributed by atoms with Crippen LogP contribution in [0.3, 0.4) is 0 Å². The van der Waals surface area contributed by atoms with Gasteiger partial charge in [0.2, 0.25) is 0 Å². The van der Waals surface area contributed by atoms with E-state index in [4.69, 9.17) is 5.73 Å². The van der Waals surface area contributed by atoms with Crippen LogP contribution in [-0.2, 0) is 0 Å². The third-order valence-electron chi connectivity index (χ3n) is 0.983. The van der Waals surface area contributed by atoms with E-state index in [1.807, 2.05) is 0 Å². The Morgan fingerprint density at radius 2 is 2.33 bits per heavy atom. The highest BCUT2D eigenvalue weighted by Gasteiger charge is 1.91. The van der Waals surface area contributed by atoms with Crippen molar-refractivity contribution in [2.45, 2.75) is 18.2 Å². The number of hydrogen-bond acceptors (Lipinski definition) is 2. The van der Waals surface area contributed by atoms with Crippen LogP contribution in [0.2, 0.25) is 0 Å². The number of nitrogens with one attached hydrogen (secondary N) is 1. The van der Waals surface area contributed by atoms with Gasteiger partial charge in [0, 0.05) is 11.4 Å². The highest BCUT2D eigenvalue weighted by atomic mass is 79.9. The minimum Gasteiger partial charge on any atom is -0.330 e. The van der Waals surface area contributed by atoms with Gasteiger partial charge in [0.05, 0.1) is 0 Å². The Labute approximate surface area is 65.3 Å². The lowest BCUT2D eigenvalue weighted by atomic mass is 10.4. The zero-order valence-electron chi connectivity index (χ0n) is 5.86. The maximum Gasteiger partial charge on any atom is 0.0242 e. The Hall–Kier alpha value is 0.400. The topological polar surface area (TPSA) is 38.0 Å². The molecule has 0 saturated carbocycles. The molecule has 0 radical (unpaired) electrons. The zero-order valence-corrected chi connectivity index (χ0v) is 7.45. The molecule has 0 spiro atoms. The van der Waals surface area contributed by atoms with Gasteiger partial charge in [-0.2, -0.15) is 0 Å². The summed E-state index contributed by atoms with van der Waals surface area (Å²) < 4.78 is 0. The number of rotatable bonds is 5. The quantitative estimate of drug-likeness (QED) is 0.500. The van der Waals surface area contributed by atoms with Crippen molar-refractivity contribution in [1.82, 2.24) is 5.32 Å². The van der Waals surface area contributed by atoms with Gasteiger partial charge in [0.15, 0.2) is 0 Å². The first-order chi connectivity index (χ1) is 4.27. The summed E-state index contributed by atoms with van der Waals surface area (Å²) in [4.78, 5) is 0.565. The van der Waals surface area contributed by atoms with Gasteiger partial charge in [-0.05, 0) is 19.5 Å². The van der Waals surface area contributed by atoms with Gasteiger partial charge < -0.3 is 11.1 Å². The molecule has 0 heterocycles. The van der Waals surface area contributed by atoms with Crippen molar-refractivity contribution in [3.05, 3.63) is 0 Å². The maximum atomic E-state index is 5.29. The van der Waals surface area contributed by atoms with E-state index in [2.05, 4.69) is 28.2 Å². The largest absolute Gasteiger partial charge is 0.330 e. The van der Waals surface area contributed by atoms with Crippen molar-refractivity contribution in [3.8, 4) is 0 Å². The Bertz CT molecular complexity index is 57.0.